The summed E-state index contributed by atoms with van der Waals surface area (Å²) in [5.74, 6) is -1.06. The molecule has 5 nitrogen and oxygen atoms in total. The van der Waals surface area contributed by atoms with Crippen LogP contribution in [-0.4, -0.2) is 47.4 Å². The Balaban J connectivity index is 1.66. The summed E-state index contributed by atoms with van der Waals surface area (Å²) in [4.78, 5) is 30.1. The van der Waals surface area contributed by atoms with Gasteiger partial charge in [0.15, 0.2) is 0 Å². The van der Waals surface area contributed by atoms with Gasteiger partial charge in [-0.15, -0.1) is 0 Å². The highest BCUT2D eigenvalue weighted by Crippen LogP contribution is 2.19. The van der Waals surface area contributed by atoms with E-state index in [9.17, 15) is 9.59 Å². The number of carbonyl (C=O) groups is 2. The average molecular weight is 345 g/mol. The first-order valence-electron chi connectivity index (χ1n) is 7.74. The van der Waals surface area contributed by atoms with Crippen LogP contribution in [0.3, 0.4) is 0 Å². The quantitative estimate of drug-likeness (QED) is 0.631. The molecule has 1 saturated heterocycles. The topological polar surface area (TPSA) is 59.5 Å². The largest absolute Gasteiger partial charge is 0.374 e. The fraction of sp³-hybridized carbons (Fsp3) is 0.278. The number of ketones is 1. The third kappa shape index (κ3) is 3.80. The van der Waals surface area contributed by atoms with Crippen LogP contribution in [0.15, 0.2) is 48.8 Å². The molecule has 0 bridgehead atoms. The Morgan fingerprint density at radius 2 is 2.08 bits per heavy atom. The van der Waals surface area contributed by atoms with Crippen molar-refractivity contribution in [2.45, 2.75) is 12.5 Å². The molecule has 0 N–H and O–H groups in total. The first-order valence-corrected chi connectivity index (χ1v) is 8.11. The second kappa shape index (κ2) is 7.55. The number of halogens is 1. The Labute approximate surface area is 145 Å². The van der Waals surface area contributed by atoms with Gasteiger partial charge in [0.1, 0.15) is 0 Å². The Morgan fingerprint density at radius 3 is 2.83 bits per heavy atom. The zero-order valence-corrected chi connectivity index (χ0v) is 13.8. The number of hydrogen-bond donors (Lipinski definition) is 0. The minimum atomic E-state index is -0.540. The van der Waals surface area contributed by atoms with Gasteiger partial charge < -0.3 is 9.64 Å². The maximum absolute atomic E-state index is 12.4. The lowest BCUT2D eigenvalue weighted by molar-refractivity contribution is -0.133. The second-order valence-electron chi connectivity index (χ2n) is 5.61. The summed E-state index contributed by atoms with van der Waals surface area (Å²) in [6, 6.07) is 10.8. The summed E-state index contributed by atoms with van der Waals surface area (Å²) in [6.45, 7) is 1.18. The van der Waals surface area contributed by atoms with Crippen molar-refractivity contribution in [1.29, 1.82) is 0 Å². The Bertz CT molecular complexity index is 736. The van der Waals surface area contributed by atoms with E-state index in [-0.39, 0.29) is 6.10 Å². The van der Waals surface area contributed by atoms with Crippen LogP contribution in [0.4, 0.5) is 0 Å². The second-order valence-corrected chi connectivity index (χ2v) is 6.02. The minimum Gasteiger partial charge on any atom is -0.374 e. The number of benzene rings is 1. The van der Waals surface area contributed by atoms with Crippen molar-refractivity contribution in [3.05, 3.63) is 64.9 Å². The van der Waals surface area contributed by atoms with Gasteiger partial charge in [-0.25, -0.2) is 0 Å². The summed E-state index contributed by atoms with van der Waals surface area (Å²) in [7, 11) is 0. The normalized spacial score (nSPS) is 17.5. The van der Waals surface area contributed by atoms with Gasteiger partial charge in [0.25, 0.3) is 11.7 Å². The molecule has 3 rings (SSSR count). The van der Waals surface area contributed by atoms with Gasteiger partial charge in [-0.05, 0) is 23.8 Å². The number of ether oxygens (including phenoxy) is 1. The van der Waals surface area contributed by atoms with E-state index in [0.717, 1.165) is 5.56 Å². The van der Waals surface area contributed by atoms with Crippen LogP contribution in [0.1, 0.15) is 15.9 Å². The maximum Gasteiger partial charge on any atom is 0.295 e. The first-order chi connectivity index (χ1) is 11.6. The summed E-state index contributed by atoms with van der Waals surface area (Å²) in [5.41, 5.74) is 1.27. The van der Waals surface area contributed by atoms with E-state index >= 15 is 0 Å². The zero-order valence-electron chi connectivity index (χ0n) is 13.0. The third-order valence-electron chi connectivity index (χ3n) is 3.95. The van der Waals surface area contributed by atoms with Crippen LogP contribution < -0.4 is 0 Å². The van der Waals surface area contributed by atoms with Crippen molar-refractivity contribution in [2.24, 2.45) is 0 Å². The first kappa shape index (κ1) is 16.6. The summed E-state index contributed by atoms with van der Waals surface area (Å²) < 4.78 is 5.73. The summed E-state index contributed by atoms with van der Waals surface area (Å²) in [5, 5.41) is 0.677. The number of hydrogen-bond acceptors (Lipinski definition) is 4. The van der Waals surface area contributed by atoms with E-state index in [1.165, 1.54) is 6.20 Å². The highest BCUT2D eigenvalue weighted by Gasteiger charge is 2.29. The number of morpholine rings is 1. The fourth-order valence-corrected chi connectivity index (χ4v) is 2.91. The number of rotatable bonds is 4. The van der Waals surface area contributed by atoms with Crippen LogP contribution in [0, 0.1) is 0 Å². The molecule has 1 atom stereocenters. The van der Waals surface area contributed by atoms with E-state index in [0.29, 0.717) is 36.7 Å². The van der Waals surface area contributed by atoms with Crippen LogP contribution in [0.2, 0.25) is 5.02 Å². The molecule has 1 amide bonds. The molecule has 1 aromatic heterocycles. The molecule has 1 aliphatic heterocycles. The van der Waals surface area contributed by atoms with Gasteiger partial charge in [-0.3, -0.25) is 14.6 Å². The number of Topliss-reactive ketones (excluding diaryl/α,β-unsaturated/α-hetero) is 1. The highest BCUT2D eigenvalue weighted by molar-refractivity contribution is 6.42. The molecule has 0 aliphatic carbocycles. The molecular weight excluding hydrogens is 328 g/mol. The number of pyridine rings is 1. The van der Waals surface area contributed by atoms with E-state index in [1.54, 1.807) is 23.2 Å². The van der Waals surface area contributed by atoms with Crippen molar-refractivity contribution in [2.75, 3.05) is 19.7 Å². The predicted octanol–water partition coefficient (Wildman–Crippen LogP) is 2.39. The zero-order chi connectivity index (χ0) is 16.9. The molecule has 24 heavy (non-hydrogen) atoms. The summed E-state index contributed by atoms with van der Waals surface area (Å²) in [6.07, 6.45) is 3.39. The van der Waals surface area contributed by atoms with Crippen LogP contribution in [0.25, 0.3) is 0 Å². The van der Waals surface area contributed by atoms with Gasteiger partial charge in [0.2, 0.25) is 0 Å². The Kier molecular flexibility index (Phi) is 5.23. The van der Waals surface area contributed by atoms with Gasteiger partial charge in [-0.2, -0.15) is 0 Å². The average Bonchev–Trinajstić information content (AvgIpc) is 2.63. The third-order valence-corrected chi connectivity index (χ3v) is 4.32. The highest BCUT2D eigenvalue weighted by atomic mass is 35.5. The molecule has 1 aliphatic rings. The van der Waals surface area contributed by atoms with Crippen LogP contribution in [-0.2, 0) is 16.0 Å². The molecule has 0 saturated carbocycles. The van der Waals surface area contributed by atoms with Gasteiger partial charge in [0, 0.05) is 42.5 Å². The Morgan fingerprint density at radius 1 is 1.25 bits per heavy atom. The molecule has 0 unspecified atom stereocenters. The fourth-order valence-electron chi connectivity index (χ4n) is 2.70. The lowest BCUT2D eigenvalue weighted by Crippen LogP contribution is -2.48. The smallest absolute Gasteiger partial charge is 0.295 e. The monoisotopic (exact) mass is 344 g/mol. The molecule has 2 aromatic rings. The molecular formula is C18H17ClN2O3. The van der Waals surface area contributed by atoms with Crippen molar-refractivity contribution in [1.82, 2.24) is 9.88 Å². The van der Waals surface area contributed by atoms with E-state index in [4.69, 9.17) is 16.3 Å². The van der Waals surface area contributed by atoms with E-state index < -0.39 is 11.7 Å². The predicted molar refractivity (Wildman–Crippen MR) is 90.0 cm³/mol. The molecule has 0 radical (unpaired) electrons. The number of aromatic nitrogens is 1. The van der Waals surface area contributed by atoms with E-state index in [1.807, 2.05) is 24.3 Å². The summed E-state index contributed by atoms with van der Waals surface area (Å²) >= 11 is 6.18. The van der Waals surface area contributed by atoms with Crippen LogP contribution in [0.5, 0.6) is 0 Å². The SMILES string of the molecule is O=C(C(=O)N1CCO[C@H](Cc2ccccc2Cl)C1)c1cccnc1. The number of amides is 1. The van der Waals surface area contributed by atoms with Crippen molar-refractivity contribution >= 4 is 23.3 Å². The molecule has 1 aromatic carbocycles. The molecule has 0 spiro atoms. The van der Waals surface area contributed by atoms with Crippen molar-refractivity contribution in [3.8, 4) is 0 Å². The van der Waals surface area contributed by atoms with Gasteiger partial charge in [-0.1, -0.05) is 29.8 Å². The van der Waals surface area contributed by atoms with E-state index in [2.05, 4.69) is 4.98 Å². The Hall–Kier alpha value is -2.24. The van der Waals surface area contributed by atoms with Crippen molar-refractivity contribution < 1.29 is 14.3 Å². The lowest BCUT2D eigenvalue weighted by Gasteiger charge is -2.32. The van der Waals surface area contributed by atoms with Crippen molar-refractivity contribution in [3.63, 3.8) is 0 Å². The molecule has 6 heteroatoms. The standard InChI is InChI=1S/C18H17ClN2O3/c19-16-6-2-1-4-13(16)10-15-12-21(8-9-24-15)18(23)17(22)14-5-3-7-20-11-14/h1-7,11,15H,8-10,12H2/t15-/m1/s1. The molecule has 124 valence electrons. The lowest BCUT2D eigenvalue weighted by atomic mass is 10.1. The number of nitrogens with zero attached hydrogens (tertiary/aromatic N) is 2. The van der Waals surface area contributed by atoms with Gasteiger partial charge >= 0.3 is 0 Å². The number of carbonyl (C=O) groups excluding carboxylic acids is 2. The molecule has 1 fully saturated rings. The molecule has 2 heterocycles. The van der Waals surface area contributed by atoms with Gasteiger partial charge in [0.05, 0.1) is 12.7 Å². The minimum absolute atomic E-state index is 0.177. The van der Waals surface area contributed by atoms with Crippen LogP contribution >= 0.6 is 11.6 Å². The maximum atomic E-state index is 12.4.